The largest absolute Gasteiger partial charge is 0.304 e. The molecule has 1 rings (SSSR count). The van der Waals surface area contributed by atoms with Crippen molar-refractivity contribution < 1.29 is 4.79 Å². The van der Waals surface area contributed by atoms with Gasteiger partial charge in [-0.1, -0.05) is 13.8 Å². The topological polar surface area (TPSA) is 23.6 Å². The lowest BCUT2D eigenvalue weighted by Crippen LogP contribution is -2.44. The van der Waals surface area contributed by atoms with E-state index in [0.717, 1.165) is 32.5 Å². The number of nitrogens with zero attached hydrogens (tertiary/aromatic N) is 2. The molecular weight excluding hydrogens is 188 g/mol. The number of piperazine rings is 1. The maximum Gasteiger partial charge on any atom is 0.129 e. The van der Waals surface area contributed by atoms with Crippen LogP contribution in [0.25, 0.3) is 0 Å². The van der Waals surface area contributed by atoms with Gasteiger partial charge in [-0.25, -0.2) is 0 Å². The van der Waals surface area contributed by atoms with Crippen molar-refractivity contribution in [1.29, 1.82) is 0 Å². The molecule has 0 radical (unpaired) electrons. The fourth-order valence-corrected chi connectivity index (χ4v) is 1.62. The van der Waals surface area contributed by atoms with Gasteiger partial charge in [0.1, 0.15) is 5.78 Å². The molecule has 0 saturated carbocycles. The lowest BCUT2D eigenvalue weighted by Gasteiger charge is -2.32. The van der Waals surface area contributed by atoms with Gasteiger partial charge in [-0.05, 0) is 26.9 Å². The smallest absolute Gasteiger partial charge is 0.129 e. The average molecular weight is 214 g/mol. The zero-order chi connectivity index (χ0) is 11.7. The van der Waals surface area contributed by atoms with Crippen LogP contribution >= 0.6 is 0 Å². The molecule has 0 amide bonds. The van der Waals surface area contributed by atoms with Crippen LogP contribution in [0.2, 0.25) is 0 Å². The van der Waals surface area contributed by atoms with Crippen molar-refractivity contribution in [2.75, 3.05) is 39.8 Å². The summed E-state index contributed by atoms with van der Waals surface area (Å²) in [5.41, 5.74) is 0. The molecule has 90 valence electrons. The monoisotopic (exact) mass is 214 g/mol. The number of hydrogen-bond acceptors (Lipinski definition) is 3. The highest BCUT2D eigenvalue weighted by molar-refractivity contribution is 5.75. The summed E-state index contributed by atoms with van der Waals surface area (Å²) in [6, 6.07) is 0. The molecule has 3 heteroatoms. The molecule has 15 heavy (non-hydrogen) atoms. The first-order valence-corrected chi connectivity index (χ1v) is 6.09. The Labute approximate surface area is 94.4 Å². The molecule has 1 aliphatic heterocycles. The van der Waals surface area contributed by atoms with Crippen LogP contribution in [0.4, 0.5) is 0 Å². The predicted molar refractivity (Wildman–Crippen MR) is 65.2 cm³/mol. The van der Waals surface area contributed by atoms with Crippen molar-refractivity contribution in [3.05, 3.63) is 0 Å². The molecule has 0 aromatic carbocycles. The van der Waals surface area contributed by atoms with Crippen molar-refractivity contribution in [3.63, 3.8) is 0 Å². The van der Waals surface area contributed by atoms with Crippen molar-refractivity contribution in [2.24, 2.45) is 0 Å². The van der Waals surface area contributed by atoms with Crippen LogP contribution in [-0.2, 0) is 4.79 Å². The molecule has 0 N–H and O–H groups in total. The molecule has 0 bridgehead atoms. The van der Waals surface area contributed by atoms with E-state index >= 15 is 0 Å². The van der Waals surface area contributed by atoms with Gasteiger partial charge in [0.05, 0.1) is 0 Å². The van der Waals surface area contributed by atoms with Crippen LogP contribution in [0.5, 0.6) is 0 Å². The maximum atomic E-state index is 10.7. The van der Waals surface area contributed by atoms with Crippen LogP contribution in [-0.4, -0.2) is 55.4 Å². The lowest BCUT2D eigenvalue weighted by atomic mass is 10.2. The van der Waals surface area contributed by atoms with Crippen LogP contribution < -0.4 is 0 Å². The van der Waals surface area contributed by atoms with Crippen LogP contribution in [0.15, 0.2) is 0 Å². The summed E-state index contributed by atoms with van der Waals surface area (Å²) in [7, 11) is 2.16. The maximum absolute atomic E-state index is 10.7. The fourth-order valence-electron chi connectivity index (χ4n) is 1.62. The molecule has 1 saturated heterocycles. The normalized spacial score (nSPS) is 18.1. The first kappa shape index (κ1) is 14.6. The fraction of sp³-hybridized carbons (Fsp3) is 0.917. The van der Waals surface area contributed by atoms with Gasteiger partial charge in [0.15, 0.2) is 0 Å². The van der Waals surface area contributed by atoms with Gasteiger partial charge in [0.25, 0.3) is 0 Å². The summed E-state index contributed by atoms with van der Waals surface area (Å²) in [6.45, 7) is 11.4. The molecule has 0 aromatic rings. The quantitative estimate of drug-likeness (QED) is 0.710. The minimum atomic E-state index is 0.314. The Hall–Kier alpha value is -0.410. The minimum absolute atomic E-state index is 0.314. The number of carbonyl (C=O) groups is 1. The third-order valence-corrected chi connectivity index (χ3v) is 2.60. The lowest BCUT2D eigenvalue weighted by molar-refractivity contribution is -0.117. The molecule has 0 aromatic heterocycles. The zero-order valence-electron chi connectivity index (χ0n) is 10.8. The van der Waals surface area contributed by atoms with Crippen molar-refractivity contribution in [1.82, 2.24) is 9.80 Å². The third-order valence-electron chi connectivity index (χ3n) is 2.60. The number of ketones is 1. The zero-order valence-corrected chi connectivity index (χ0v) is 10.8. The standard InChI is InChI=1S/C10H20N2O.C2H6/c1-10(13)4-3-5-12-8-6-11(2)7-9-12;1-2/h3-9H2,1-2H3;1-2H3. The molecule has 3 nitrogen and oxygen atoms in total. The van der Waals surface area contributed by atoms with Crippen molar-refractivity contribution in [2.45, 2.75) is 33.6 Å². The van der Waals surface area contributed by atoms with Gasteiger partial charge in [-0.15, -0.1) is 0 Å². The molecule has 1 heterocycles. The molecule has 0 unspecified atom stereocenters. The third kappa shape index (κ3) is 7.51. The SMILES string of the molecule is CC.CC(=O)CCCN1CCN(C)CC1. The molecular formula is C12H26N2O. The minimum Gasteiger partial charge on any atom is -0.304 e. The summed E-state index contributed by atoms with van der Waals surface area (Å²) < 4.78 is 0. The number of rotatable bonds is 4. The summed E-state index contributed by atoms with van der Waals surface area (Å²) in [6.07, 6.45) is 1.77. The van der Waals surface area contributed by atoms with E-state index in [1.807, 2.05) is 13.8 Å². The van der Waals surface area contributed by atoms with E-state index in [4.69, 9.17) is 0 Å². The van der Waals surface area contributed by atoms with E-state index in [-0.39, 0.29) is 0 Å². The summed E-state index contributed by atoms with van der Waals surface area (Å²) in [4.78, 5) is 15.5. The Balaban J connectivity index is 0.000000921. The Morgan fingerprint density at radius 2 is 1.67 bits per heavy atom. The second-order valence-electron chi connectivity index (χ2n) is 3.95. The molecule has 1 aliphatic rings. The Bertz CT molecular complexity index is 163. The van der Waals surface area contributed by atoms with Crippen molar-refractivity contribution >= 4 is 5.78 Å². The summed E-state index contributed by atoms with van der Waals surface area (Å²) in [5, 5.41) is 0. The molecule has 0 aliphatic carbocycles. The number of carbonyl (C=O) groups excluding carboxylic acids is 1. The highest BCUT2D eigenvalue weighted by atomic mass is 16.1. The number of likely N-dealkylation sites (N-methyl/N-ethyl adjacent to an activating group) is 1. The van der Waals surface area contributed by atoms with E-state index < -0.39 is 0 Å². The van der Waals surface area contributed by atoms with Gasteiger partial charge < -0.3 is 14.6 Å². The highest BCUT2D eigenvalue weighted by Crippen LogP contribution is 2.01. The molecule has 0 atom stereocenters. The van der Waals surface area contributed by atoms with E-state index in [1.54, 1.807) is 6.92 Å². The predicted octanol–water partition coefficient (Wildman–Crippen LogP) is 1.63. The van der Waals surface area contributed by atoms with Crippen LogP contribution in [0.3, 0.4) is 0 Å². The molecule has 0 spiro atoms. The average Bonchev–Trinajstić information content (AvgIpc) is 2.23. The Morgan fingerprint density at radius 3 is 2.13 bits per heavy atom. The second-order valence-corrected chi connectivity index (χ2v) is 3.95. The van der Waals surface area contributed by atoms with Gasteiger partial charge in [-0.2, -0.15) is 0 Å². The van der Waals surface area contributed by atoms with Gasteiger partial charge in [-0.3, -0.25) is 0 Å². The molecule has 1 fully saturated rings. The van der Waals surface area contributed by atoms with Crippen LogP contribution in [0.1, 0.15) is 33.6 Å². The number of Topliss-reactive ketones (excluding diaryl/α,β-unsaturated/α-hetero) is 1. The Kier molecular flexibility index (Phi) is 8.62. The summed E-state index contributed by atoms with van der Waals surface area (Å²) >= 11 is 0. The van der Waals surface area contributed by atoms with E-state index in [0.29, 0.717) is 5.78 Å². The van der Waals surface area contributed by atoms with Gasteiger partial charge in [0.2, 0.25) is 0 Å². The Morgan fingerprint density at radius 1 is 1.13 bits per heavy atom. The first-order valence-electron chi connectivity index (χ1n) is 6.09. The van der Waals surface area contributed by atoms with Gasteiger partial charge in [0, 0.05) is 32.6 Å². The highest BCUT2D eigenvalue weighted by Gasteiger charge is 2.12. The van der Waals surface area contributed by atoms with Gasteiger partial charge >= 0.3 is 0 Å². The van der Waals surface area contributed by atoms with E-state index in [2.05, 4.69) is 16.8 Å². The van der Waals surface area contributed by atoms with E-state index in [9.17, 15) is 4.79 Å². The second kappa shape index (κ2) is 8.86. The van der Waals surface area contributed by atoms with Crippen LogP contribution in [0, 0.1) is 0 Å². The van der Waals surface area contributed by atoms with E-state index in [1.165, 1.54) is 13.1 Å². The van der Waals surface area contributed by atoms with Crippen molar-refractivity contribution in [3.8, 4) is 0 Å². The summed E-state index contributed by atoms with van der Waals surface area (Å²) in [5.74, 6) is 0.314. The number of hydrogen-bond donors (Lipinski definition) is 0. The first-order chi connectivity index (χ1) is 7.18.